The summed E-state index contributed by atoms with van der Waals surface area (Å²) in [6.07, 6.45) is 17.3. The Morgan fingerprint density at radius 2 is 0.917 bits per heavy atom. The maximum Gasteiger partial charge on any atom is 0.122 e. The van der Waals surface area contributed by atoms with Gasteiger partial charge in [-0.15, -0.1) is 0 Å². The third-order valence-corrected chi connectivity index (χ3v) is 9.46. The van der Waals surface area contributed by atoms with Crippen LogP contribution in [0.25, 0.3) is 0 Å². The Balaban J connectivity index is 1.53. The van der Waals surface area contributed by atoms with Crippen molar-refractivity contribution in [1.29, 1.82) is 0 Å². The van der Waals surface area contributed by atoms with Gasteiger partial charge in [0.05, 0.1) is 0 Å². The first-order chi connectivity index (χ1) is 17.6. The molecule has 4 aliphatic rings. The van der Waals surface area contributed by atoms with E-state index in [9.17, 15) is 10.2 Å². The molecule has 0 spiro atoms. The maximum absolute atomic E-state index is 13.0. The van der Waals surface area contributed by atoms with E-state index in [2.05, 4.69) is 72.8 Å². The molecule has 0 aliphatic heterocycles. The van der Waals surface area contributed by atoms with Crippen molar-refractivity contribution in [3.8, 4) is 0 Å². The molecule has 0 fully saturated rings. The van der Waals surface area contributed by atoms with E-state index >= 15 is 0 Å². The van der Waals surface area contributed by atoms with Crippen molar-refractivity contribution in [3.63, 3.8) is 0 Å². The van der Waals surface area contributed by atoms with Crippen molar-refractivity contribution in [1.82, 2.24) is 0 Å². The molecule has 0 aromatic heterocycles. The lowest BCUT2D eigenvalue weighted by Gasteiger charge is -2.54. The Labute approximate surface area is 214 Å². The predicted molar refractivity (Wildman–Crippen MR) is 144 cm³/mol. The van der Waals surface area contributed by atoms with Gasteiger partial charge in [-0.25, -0.2) is 0 Å². The van der Waals surface area contributed by atoms with Gasteiger partial charge in [-0.1, -0.05) is 85.0 Å². The third kappa shape index (κ3) is 2.98. The van der Waals surface area contributed by atoms with E-state index < -0.39 is 11.2 Å². The highest BCUT2D eigenvalue weighted by Gasteiger charge is 2.58. The van der Waals surface area contributed by atoms with Gasteiger partial charge >= 0.3 is 0 Å². The van der Waals surface area contributed by atoms with Gasteiger partial charge in [-0.2, -0.15) is 0 Å². The summed E-state index contributed by atoms with van der Waals surface area (Å²) < 4.78 is 0. The Morgan fingerprint density at radius 1 is 0.500 bits per heavy atom. The zero-order valence-corrected chi connectivity index (χ0v) is 20.8. The van der Waals surface area contributed by atoms with Crippen molar-refractivity contribution in [2.45, 2.75) is 62.6 Å². The van der Waals surface area contributed by atoms with E-state index in [0.29, 0.717) is 0 Å². The van der Waals surface area contributed by atoms with E-state index in [1.807, 2.05) is 12.1 Å². The summed E-state index contributed by atoms with van der Waals surface area (Å²) in [7, 11) is 0. The summed E-state index contributed by atoms with van der Waals surface area (Å²) in [4.78, 5) is 0. The predicted octanol–water partition coefficient (Wildman–Crippen LogP) is 6.29. The van der Waals surface area contributed by atoms with Crippen LogP contribution in [0.2, 0.25) is 0 Å². The molecule has 4 aliphatic carbocycles. The molecule has 0 saturated heterocycles. The molecule has 36 heavy (non-hydrogen) atoms. The maximum atomic E-state index is 13.0. The summed E-state index contributed by atoms with van der Waals surface area (Å²) in [5.74, 6) is -0.537. The Kier molecular flexibility index (Phi) is 5.13. The Morgan fingerprint density at radius 3 is 1.39 bits per heavy atom. The second kappa shape index (κ2) is 8.30. The SMILES string of the molecule is OC1(c2cccc3c2CCCC3)c2ccccc2C(O)(c2cccc3c2CCCC3)C2C=CC=CC21. The fourth-order valence-corrected chi connectivity index (χ4v) is 7.84. The minimum Gasteiger partial charge on any atom is -0.380 e. The zero-order valence-electron chi connectivity index (χ0n) is 20.8. The summed E-state index contributed by atoms with van der Waals surface area (Å²) in [6, 6.07) is 21.1. The van der Waals surface area contributed by atoms with Crippen molar-refractivity contribution in [3.05, 3.63) is 129 Å². The van der Waals surface area contributed by atoms with Crippen LogP contribution < -0.4 is 0 Å². The average Bonchev–Trinajstić information content (AvgIpc) is 2.95. The second-order valence-electron chi connectivity index (χ2n) is 11.2. The molecule has 0 saturated carbocycles. The highest BCUT2D eigenvalue weighted by molar-refractivity contribution is 5.58. The van der Waals surface area contributed by atoms with Crippen LogP contribution in [0.5, 0.6) is 0 Å². The number of fused-ring (bicyclic) bond motifs is 4. The summed E-state index contributed by atoms with van der Waals surface area (Å²) >= 11 is 0. The molecule has 182 valence electrons. The number of aryl methyl sites for hydroxylation is 2. The van der Waals surface area contributed by atoms with E-state index in [-0.39, 0.29) is 11.8 Å². The largest absolute Gasteiger partial charge is 0.380 e. The molecule has 0 amide bonds. The molecular formula is C34H34O2. The molecule has 2 nitrogen and oxygen atoms in total. The monoisotopic (exact) mass is 474 g/mol. The van der Waals surface area contributed by atoms with Gasteiger partial charge in [0.15, 0.2) is 0 Å². The quantitative estimate of drug-likeness (QED) is 0.458. The first-order valence-corrected chi connectivity index (χ1v) is 13.8. The minimum atomic E-state index is -1.20. The van der Waals surface area contributed by atoms with Gasteiger partial charge in [-0.05, 0) is 95.9 Å². The number of hydrogen-bond donors (Lipinski definition) is 2. The number of hydrogen-bond acceptors (Lipinski definition) is 2. The van der Waals surface area contributed by atoms with Crippen molar-refractivity contribution in [2.24, 2.45) is 11.8 Å². The molecule has 0 heterocycles. The highest BCUT2D eigenvalue weighted by Crippen LogP contribution is 2.59. The third-order valence-electron chi connectivity index (χ3n) is 9.46. The molecule has 0 bridgehead atoms. The fourth-order valence-electron chi connectivity index (χ4n) is 7.84. The van der Waals surface area contributed by atoms with Gasteiger partial charge < -0.3 is 10.2 Å². The number of benzene rings is 3. The van der Waals surface area contributed by atoms with Crippen LogP contribution in [-0.4, -0.2) is 10.2 Å². The number of allylic oxidation sites excluding steroid dienone is 2. The van der Waals surface area contributed by atoms with Gasteiger partial charge in [0.2, 0.25) is 0 Å². The summed E-state index contributed by atoms with van der Waals surface area (Å²) in [6.45, 7) is 0. The second-order valence-corrected chi connectivity index (χ2v) is 11.2. The van der Waals surface area contributed by atoms with Crippen LogP contribution in [-0.2, 0) is 36.9 Å². The van der Waals surface area contributed by atoms with Crippen LogP contribution in [0, 0.1) is 11.8 Å². The number of aliphatic hydroxyl groups is 2. The Hall–Kier alpha value is -2.94. The fraction of sp³-hybridized carbons (Fsp3) is 0.353. The summed E-state index contributed by atoms with van der Waals surface area (Å²) in [5, 5.41) is 25.9. The molecule has 3 aromatic carbocycles. The smallest absolute Gasteiger partial charge is 0.122 e. The lowest BCUT2D eigenvalue weighted by atomic mass is 9.54. The molecule has 4 atom stereocenters. The topological polar surface area (TPSA) is 40.5 Å². The van der Waals surface area contributed by atoms with Gasteiger partial charge in [0, 0.05) is 11.8 Å². The normalized spacial score (nSPS) is 30.2. The molecule has 2 heteroatoms. The van der Waals surface area contributed by atoms with Crippen LogP contribution in [0.3, 0.4) is 0 Å². The van der Waals surface area contributed by atoms with Crippen molar-refractivity contribution < 1.29 is 10.2 Å². The lowest BCUT2D eigenvalue weighted by molar-refractivity contribution is -0.0724. The zero-order chi connectivity index (χ0) is 24.3. The molecule has 3 aromatic rings. The highest BCUT2D eigenvalue weighted by atomic mass is 16.3. The molecule has 0 radical (unpaired) electrons. The van der Waals surface area contributed by atoms with Crippen LogP contribution >= 0.6 is 0 Å². The first-order valence-electron chi connectivity index (χ1n) is 13.8. The summed E-state index contributed by atoms with van der Waals surface area (Å²) in [5.41, 5.74) is 6.71. The van der Waals surface area contributed by atoms with E-state index in [1.165, 1.54) is 35.1 Å². The lowest BCUT2D eigenvalue weighted by Crippen LogP contribution is -2.55. The molecule has 7 rings (SSSR count). The number of rotatable bonds is 2. The van der Waals surface area contributed by atoms with Crippen molar-refractivity contribution in [2.75, 3.05) is 0 Å². The minimum absolute atomic E-state index is 0.268. The first kappa shape index (κ1) is 22.3. The van der Waals surface area contributed by atoms with Crippen molar-refractivity contribution >= 4 is 0 Å². The Bertz CT molecular complexity index is 1290. The molecular weight excluding hydrogens is 440 g/mol. The van der Waals surface area contributed by atoms with Crippen LogP contribution in [0.1, 0.15) is 70.2 Å². The average molecular weight is 475 g/mol. The molecule has 4 unspecified atom stereocenters. The van der Waals surface area contributed by atoms with E-state index in [0.717, 1.165) is 60.8 Å². The van der Waals surface area contributed by atoms with Crippen LogP contribution in [0.4, 0.5) is 0 Å². The van der Waals surface area contributed by atoms with E-state index in [4.69, 9.17) is 0 Å². The standard InChI is InChI=1S/C34H34O2/c35-33(27-21-9-13-23-11-1-3-15-25(23)27)29-17-5-7-19-31(29)34(36,32-20-8-6-18-30(32)33)28-22-10-14-24-12-2-4-16-26(24)28/h5-10,13-14,17-22,29,31,35-36H,1-4,11-12,15-16H2. The van der Waals surface area contributed by atoms with Gasteiger partial charge in [0.25, 0.3) is 0 Å². The van der Waals surface area contributed by atoms with Crippen LogP contribution in [0.15, 0.2) is 85.0 Å². The molecule has 2 N–H and O–H groups in total. The van der Waals surface area contributed by atoms with Gasteiger partial charge in [-0.3, -0.25) is 0 Å². The van der Waals surface area contributed by atoms with E-state index in [1.54, 1.807) is 0 Å². The van der Waals surface area contributed by atoms with Gasteiger partial charge in [0.1, 0.15) is 11.2 Å².